The highest BCUT2D eigenvalue weighted by molar-refractivity contribution is 5.85. The molecule has 3 N–H and O–H groups in total. The van der Waals surface area contributed by atoms with Crippen LogP contribution in [0, 0.1) is 17.8 Å². The number of halogens is 1. The maximum absolute atomic E-state index is 12.6. The van der Waals surface area contributed by atoms with Gasteiger partial charge >= 0.3 is 0 Å². The van der Waals surface area contributed by atoms with Crippen molar-refractivity contribution in [3.8, 4) is 17.2 Å². The summed E-state index contributed by atoms with van der Waals surface area (Å²) in [6.07, 6.45) is 3.37. The summed E-state index contributed by atoms with van der Waals surface area (Å²) in [5.74, 6) is 2.82. The maximum Gasteiger partial charge on any atom is 0.225 e. The fraction of sp³-hybridized carbons (Fsp3) is 0.611. The van der Waals surface area contributed by atoms with Gasteiger partial charge in [0.25, 0.3) is 0 Å². The highest BCUT2D eigenvalue weighted by atomic mass is 35.5. The summed E-state index contributed by atoms with van der Waals surface area (Å²) in [7, 11) is 4.77. The molecule has 140 valence electrons. The second-order valence-corrected chi connectivity index (χ2v) is 6.66. The van der Waals surface area contributed by atoms with E-state index in [1.807, 2.05) is 0 Å². The van der Waals surface area contributed by atoms with Crippen LogP contribution in [0.25, 0.3) is 0 Å². The van der Waals surface area contributed by atoms with Gasteiger partial charge in [-0.25, -0.2) is 0 Å². The van der Waals surface area contributed by atoms with Crippen molar-refractivity contribution in [2.24, 2.45) is 23.5 Å². The molecule has 1 aromatic rings. The summed E-state index contributed by atoms with van der Waals surface area (Å²) >= 11 is 0. The molecule has 2 bridgehead atoms. The third-order valence-electron chi connectivity index (χ3n) is 5.54. The lowest BCUT2D eigenvalue weighted by atomic mass is 9.84. The molecule has 4 unspecified atom stereocenters. The first-order chi connectivity index (χ1) is 11.6. The zero-order valence-electron chi connectivity index (χ0n) is 14.9. The Morgan fingerprint density at radius 3 is 2.20 bits per heavy atom. The SMILES string of the molecule is COc1cc(OC)c(CNC(=O)C2C3CCC(C3)C2N)c(OC)c1.Cl. The third-order valence-corrected chi connectivity index (χ3v) is 5.54. The average molecular weight is 371 g/mol. The van der Waals surface area contributed by atoms with Gasteiger partial charge in [0.15, 0.2) is 0 Å². The molecule has 2 aliphatic rings. The van der Waals surface area contributed by atoms with Crippen LogP contribution in [-0.4, -0.2) is 33.3 Å². The van der Waals surface area contributed by atoms with Crippen LogP contribution in [0.3, 0.4) is 0 Å². The molecule has 0 aliphatic heterocycles. The van der Waals surface area contributed by atoms with Crippen molar-refractivity contribution in [3.05, 3.63) is 17.7 Å². The molecule has 0 heterocycles. The van der Waals surface area contributed by atoms with Gasteiger partial charge in [0.05, 0.1) is 39.4 Å². The Hall–Kier alpha value is -1.66. The van der Waals surface area contributed by atoms with Crippen LogP contribution >= 0.6 is 12.4 Å². The molecule has 2 saturated carbocycles. The number of ether oxygens (including phenoxy) is 3. The molecule has 4 atom stereocenters. The molecule has 0 saturated heterocycles. The number of amides is 1. The van der Waals surface area contributed by atoms with Gasteiger partial charge in [0, 0.05) is 18.2 Å². The predicted molar refractivity (Wildman–Crippen MR) is 97.5 cm³/mol. The van der Waals surface area contributed by atoms with Crippen LogP contribution < -0.4 is 25.3 Å². The molecule has 0 radical (unpaired) electrons. The van der Waals surface area contributed by atoms with Crippen LogP contribution in [0.15, 0.2) is 12.1 Å². The zero-order valence-corrected chi connectivity index (χ0v) is 15.7. The van der Waals surface area contributed by atoms with Gasteiger partial charge in [-0.3, -0.25) is 4.79 Å². The lowest BCUT2D eigenvalue weighted by Gasteiger charge is -2.27. The van der Waals surface area contributed by atoms with Crippen molar-refractivity contribution in [2.75, 3.05) is 21.3 Å². The van der Waals surface area contributed by atoms with Gasteiger partial charge in [0.1, 0.15) is 17.2 Å². The van der Waals surface area contributed by atoms with Gasteiger partial charge in [-0.2, -0.15) is 0 Å². The number of benzene rings is 1. The normalized spacial score (nSPS) is 26.7. The fourth-order valence-corrected chi connectivity index (χ4v) is 4.27. The van der Waals surface area contributed by atoms with E-state index >= 15 is 0 Å². The Bertz CT molecular complexity index is 598. The number of carbonyl (C=O) groups is 1. The summed E-state index contributed by atoms with van der Waals surface area (Å²) < 4.78 is 16.1. The number of rotatable bonds is 6. The lowest BCUT2D eigenvalue weighted by Crippen LogP contribution is -2.45. The molecule has 2 fully saturated rings. The van der Waals surface area contributed by atoms with E-state index in [1.54, 1.807) is 33.5 Å². The molecule has 0 aromatic heterocycles. The molecule has 0 spiro atoms. The van der Waals surface area contributed by atoms with Crippen LogP contribution in [-0.2, 0) is 11.3 Å². The Morgan fingerprint density at radius 1 is 1.12 bits per heavy atom. The van der Waals surface area contributed by atoms with Gasteiger partial charge < -0.3 is 25.3 Å². The number of nitrogens with two attached hydrogens (primary N) is 1. The van der Waals surface area contributed by atoms with Crippen molar-refractivity contribution in [3.63, 3.8) is 0 Å². The van der Waals surface area contributed by atoms with E-state index in [0.29, 0.717) is 35.6 Å². The minimum atomic E-state index is -0.0704. The molecule has 1 amide bonds. The van der Waals surface area contributed by atoms with E-state index in [4.69, 9.17) is 19.9 Å². The molecular formula is C18H27ClN2O4. The first kappa shape index (κ1) is 19.7. The number of hydrogen-bond donors (Lipinski definition) is 2. The number of carbonyl (C=O) groups excluding carboxylic acids is 1. The molecular weight excluding hydrogens is 344 g/mol. The van der Waals surface area contributed by atoms with E-state index in [1.165, 1.54) is 0 Å². The number of hydrogen-bond acceptors (Lipinski definition) is 5. The van der Waals surface area contributed by atoms with Gasteiger partial charge in [0.2, 0.25) is 5.91 Å². The summed E-state index contributed by atoms with van der Waals surface area (Å²) in [4.78, 5) is 12.6. The lowest BCUT2D eigenvalue weighted by molar-refractivity contribution is -0.127. The van der Waals surface area contributed by atoms with Crippen molar-refractivity contribution < 1.29 is 19.0 Å². The minimum absolute atomic E-state index is 0. The first-order valence-corrected chi connectivity index (χ1v) is 8.41. The maximum atomic E-state index is 12.6. The Morgan fingerprint density at radius 2 is 1.72 bits per heavy atom. The standard InChI is InChI=1S/C18H26N2O4.ClH/c1-22-12-7-14(23-2)13(15(8-12)24-3)9-20-18(21)16-10-4-5-11(6-10)17(16)19;/h7-8,10-11,16-17H,4-6,9,19H2,1-3H3,(H,20,21);1H. The second kappa shape index (κ2) is 8.15. The monoisotopic (exact) mass is 370 g/mol. The predicted octanol–water partition coefficient (Wildman–Crippen LogP) is 2.12. The number of fused-ring (bicyclic) bond motifs is 2. The molecule has 3 rings (SSSR count). The summed E-state index contributed by atoms with van der Waals surface area (Å²) in [6, 6.07) is 3.56. The molecule has 7 heteroatoms. The van der Waals surface area contributed by atoms with E-state index in [9.17, 15) is 4.79 Å². The average Bonchev–Trinajstić information content (AvgIpc) is 3.19. The van der Waals surface area contributed by atoms with E-state index in [2.05, 4.69) is 5.32 Å². The highest BCUT2D eigenvalue weighted by Gasteiger charge is 2.48. The van der Waals surface area contributed by atoms with Gasteiger partial charge in [-0.1, -0.05) is 0 Å². The van der Waals surface area contributed by atoms with Gasteiger partial charge in [-0.05, 0) is 31.1 Å². The molecule has 6 nitrogen and oxygen atoms in total. The van der Waals surface area contributed by atoms with Crippen molar-refractivity contribution in [1.29, 1.82) is 0 Å². The Labute approximate surface area is 154 Å². The molecule has 25 heavy (non-hydrogen) atoms. The zero-order chi connectivity index (χ0) is 17.3. The quantitative estimate of drug-likeness (QED) is 0.801. The van der Waals surface area contributed by atoms with E-state index in [0.717, 1.165) is 24.8 Å². The highest BCUT2D eigenvalue weighted by Crippen LogP contribution is 2.47. The largest absolute Gasteiger partial charge is 0.496 e. The van der Waals surface area contributed by atoms with Crippen molar-refractivity contribution in [2.45, 2.75) is 31.8 Å². The van der Waals surface area contributed by atoms with E-state index < -0.39 is 0 Å². The molecule has 1 aromatic carbocycles. The first-order valence-electron chi connectivity index (χ1n) is 8.41. The number of nitrogens with one attached hydrogen (secondary N) is 1. The van der Waals surface area contributed by atoms with Crippen LogP contribution in [0.2, 0.25) is 0 Å². The number of methoxy groups -OCH3 is 3. The van der Waals surface area contributed by atoms with E-state index in [-0.39, 0.29) is 30.3 Å². The smallest absolute Gasteiger partial charge is 0.225 e. The molecule has 2 aliphatic carbocycles. The second-order valence-electron chi connectivity index (χ2n) is 6.66. The summed E-state index contributed by atoms with van der Waals surface area (Å²) in [5.41, 5.74) is 7.05. The summed E-state index contributed by atoms with van der Waals surface area (Å²) in [5, 5.41) is 3.02. The topological polar surface area (TPSA) is 82.8 Å². The Balaban J connectivity index is 0.00000225. The Kier molecular flexibility index (Phi) is 6.41. The summed E-state index contributed by atoms with van der Waals surface area (Å²) in [6.45, 7) is 0.343. The van der Waals surface area contributed by atoms with Crippen LogP contribution in [0.1, 0.15) is 24.8 Å². The van der Waals surface area contributed by atoms with Gasteiger partial charge in [-0.15, -0.1) is 12.4 Å². The van der Waals surface area contributed by atoms with Crippen LogP contribution in [0.5, 0.6) is 17.2 Å². The fourth-order valence-electron chi connectivity index (χ4n) is 4.27. The van der Waals surface area contributed by atoms with Crippen molar-refractivity contribution >= 4 is 18.3 Å². The van der Waals surface area contributed by atoms with Crippen LogP contribution in [0.4, 0.5) is 0 Å². The minimum Gasteiger partial charge on any atom is -0.496 e. The van der Waals surface area contributed by atoms with Crippen molar-refractivity contribution in [1.82, 2.24) is 5.32 Å². The third kappa shape index (κ3) is 3.65.